The van der Waals surface area contributed by atoms with Gasteiger partial charge in [-0.1, -0.05) is 6.07 Å². The molecule has 0 aromatic heterocycles. The molecule has 0 unspecified atom stereocenters. The van der Waals surface area contributed by atoms with Gasteiger partial charge in [0.25, 0.3) is 5.69 Å². The van der Waals surface area contributed by atoms with Crippen LogP contribution in [0, 0.1) is 10.1 Å². The Kier molecular flexibility index (Phi) is 7.55. The molecule has 2 rings (SSSR count). The highest BCUT2D eigenvalue weighted by atomic mass is 79.9. The Hall–Kier alpha value is -0.730. The highest BCUT2D eigenvalue weighted by Crippen LogP contribution is 2.31. The maximum atomic E-state index is 11.0. The molecule has 1 aromatic rings. The summed E-state index contributed by atoms with van der Waals surface area (Å²) in [6, 6.07) is 5.22. The first-order valence-corrected chi connectivity index (χ1v) is 7.42. The minimum absolute atomic E-state index is 0. The number of aliphatic hydroxyl groups is 1. The number of rotatable bonds is 5. The Labute approximate surface area is 138 Å². The zero-order valence-electron chi connectivity index (χ0n) is 11.5. The van der Waals surface area contributed by atoms with Gasteiger partial charge < -0.3 is 10.4 Å². The molecule has 21 heavy (non-hydrogen) atoms. The van der Waals surface area contributed by atoms with Crippen LogP contribution in [0.2, 0.25) is 0 Å². The molecule has 1 aromatic carbocycles. The van der Waals surface area contributed by atoms with Crippen LogP contribution >= 0.6 is 28.3 Å². The number of hydrogen-bond donors (Lipinski definition) is 2. The van der Waals surface area contributed by atoms with Crippen LogP contribution < -0.4 is 5.32 Å². The quantitative estimate of drug-likeness (QED) is 0.604. The molecule has 0 amide bonds. The Bertz CT molecular complexity index is 484. The molecule has 6 nitrogen and oxygen atoms in total. The van der Waals surface area contributed by atoms with Crippen LogP contribution in [-0.2, 0) is 0 Å². The third-order valence-corrected chi connectivity index (χ3v) is 4.22. The summed E-state index contributed by atoms with van der Waals surface area (Å²) in [6.07, 6.45) is 0.582. The highest BCUT2D eigenvalue weighted by molar-refractivity contribution is 9.10. The van der Waals surface area contributed by atoms with Gasteiger partial charge in [-0.05, 0) is 34.0 Å². The third-order valence-electron chi connectivity index (χ3n) is 3.55. The first-order chi connectivity index (χ1) is 9.63. The predicted molar refractivity (Wildman–Crippen MR) is 86.9 cm³/mol. The third kappa shape index (κ3) is 4.62. The van der Waals surface area contributed by atoms with Crippen molar-refractivity contribution in [2.24, 2.45) is 0 Å². The summed E-state index contributed by atoms with van der Waals surface area (Å²) in [6.45, 7) is 3.64. The summed E-state index contributed by atoms with van der Waals surface area (Å²) in [5.41, 5.74) is 0.955. The molecular weight excluding hydrogens is 362 g/mol. The lowest BCUT2D eigenvalue weighted by atomic mass is 10.0. The lowest BCUT2D eigenvalue weighted by Gasteiger charge is -2.35. The van der Waals surface area contributed by atoms with E-state index in [1.165, 1.54) is 0 Å². The van der Waals surface area contributed by atoms with Crippen molar-refractivity contribution in [1.29, 1.82) is 0 Å². The fourth-order valence-corrected chi connectivity index (χ4v) is 2.94. The van der Waals surface area contributed by atoms with Crippen molar-refractivity contribution in [2.75, 3.05) is 32.8 Å². The zero-order valence-corrected chi connectivity index (χ0v) is 13.9. The molecule has 1 fully saturated rings. The van der Waals surface area contributed by atoms with Gasteiger partial charge >= 0.3 is 0 Å². The van der Waals surface area contributed by atoms with E-state index in [0.29, 0.717) is 10.9 Å². The van der Waals surface area contributed by atoms with E-state index in [1.807, 2.05) is 6.07 Å². The largest absolute Gasteiger partial charge is 0.396 e. The van der Waals surface area contributed by atoms with Gasteiger partial charge in [0.1, 0.15) is 0 Å². The maximum absolute atomic E-state index is 11.0. The standard InChI is InChI=1S/C13H18BrN3O3.ClH/c14-11-2-1-10(9-13(11)17(19)20)12(3-8-18)16-6-4-15-5-7-16;/h1-2,9,12,15,18H,3-8H2;1H/t12-;/m1./s1. The first-order valence-electron chi connectivity index (χ1n) is 6.63. The number of nitro groups is 1. The lowest BCUT2D eigenvalue weighted by Crippen LogP contribution is -2.45. The van der Waals surface area contributed by atoms with Crippen molar-refractivity contribution in [3.8, 4) is 0 Å². The second-order valence-corrected chi connectivity index (χ2v) is 5.64. The van der Waals surface area contributed by atoms with E-state index in [-0.39, 0.29) is 35.7 Å². The second kappa shape index (κ2) is 8.65. The molecule has 0 bridgehead atoms. The Morgan fingerprint density at radius 1 is 1.43 bits per heavy atom. The van der Waals surface area contributed by atoms with Crippen molar-refractivity contribution in [2.45, 2.75) is 12.5 Å². The Morgan fingerprint density at radius 2 is 2.10 bits per heavy atom. The topological polar surface area (TPSA) is 78.6 Å². The van der Waals surface area contributed by atoms with Gasteiger partial charge in [-0.25, -0.2) is 0 Å². The van der Waals surface area contributed by atoms with Crippen molar-refractivity contribution in [3.05, 3.63) is 38.3 Å². The lowest BCUT2D eigenvalue weighted by molar-refractivity contribution is -0.385. The van der Waals surface area contributed by atoms with Gasteiger partial charge in [0.05, 0.1) is 9.40 Å². The van der Waals surface area contributed by atoms with Crippen LogP contribution in [-0.4, -0.2) is 47.7 Å². The molecule has 0 saturated carbocycles. The van der Waals surface area contributed by atoms with E-state index >= 15 is 0 Å². The van der Waals surface area contributed by atoms with E-state index in [1.54, 1.807) is 12.1 Å². The van der Waals surface area contributed by atoms with Crippen LogP contribution in [0.15, 0.2) is 22.7 Å². The SMILES string of the molecule is Cl.O=[N+]([O-])c1cc([C@@H](CCO)N2CCNCC2)ccc1Br. The van der Waals surface area contributed by atoms with Crippen molar-refractivity contribution in [1.82, 2.24) is 10.2 Å². The van der Waals surface area contributed by atoms with Gasteiger partial charge in [0.15, 0.2) is 0 Å². The molecule has 118 valence electrons. The van der Waals surface area contributed by atoms with Crippen molar-refractivity contribution in [3.63, 3.8) is 0 Å². The van der Waals surface area contributed by atoms with E-state index in [4.69, 9.17) is 0 Å². The highest BCUT2D eigenvalue weighted by Gasteiger charge is 2.24. The summed E-state index contributed by atoms with van der Waals surface area (Å²) >= 11 is 3.20. The molecule has 1 saturated heterocycles. The number of piperazine rings is 1. The number of halogens is 2. The van der Waals surface area contributed by atoms with Crippen molar-refractivity contribution < 1.29 is 10.0 Å². The number of hydrogen-bond acceptors (Lipinski definition) is 5. The molecular formula is C13H19BrClN3O3. The van der Waals surface area contributed by atoms with E-state index < -0.39 is 0 Å². The fourth-order valence-electron chi connectivity index (χ4n) is 2.55. The molecule has 0 radical (unpaired) electrons. The van der Waals surface area contributed by atoms with Gasteiger partial charge in [-0.3, -0.25) is 15.0 Å². The number of aliphatic hydroxyl groups excluding tert-OH is 1. The van der Waals surface area contributed by atoms with Crippen LogP contribution in [0.3, 0.4) is 0 Å². The van der Waals surface area contributed by atoms with E-state index in [9.17, 15) is 15.2 Å². The molecule has 1 aliphatic heterocycles. The molecule has 0 aliphatic carbocycles. The monoisotopic (exact) mass is 379 g/mol. The van der Waals surface area contributed by atoms with Crippen molar-refractivity contribution >= 4 is 34.0 Å². The van der Waals surface area contributed by atoms with Gasteiger partial charge in [0.2, 0.25) is 0 Å². The van der Waals surface area contributed by atoms with Crippen LogP contribution in [0.4, 0.5) is 5.69 Å². The fraction of sp³-hybridized carbons (Fsp3) is 0.538. The molecule has 1 atom stereocenters. The molecule has 1 heterocycles. The Balaban J connectivity index is 0.00000220. The minimum Gasteiger partial charge on any atom is -0.396 e. The van der Waals surface area contributed by atoms with Gasteiger partial charge in [-0.15, -0.1) is 12.4 Å². The summed E-state index contributed by atoms with van der Waals surface area (Å²) < 4.78 is 0.481. The molecule has 1 aliphatic rings. The number of benzene rings is 1. The maximum Gasteiger partial charge on any atom is 0.283 e. The molecule has 2 N–H and O–H groups in total. The summed E-state index contributed by atoms with van der Waals surface area (Å²) in [5.74, 6) is 0. The van der Waals surface area contributed by atoms with Gasteiger partial charge in [-0.2, -0.15) is 0 Å². The second-order valence-electron chi connectivity index (χ2n) is 4.78. The normalized spacial score (nSPS) is 17.0. The van der Waals surface area contributed by atoms with Crippen LogP contribution in [0.1, 0.15) is 18.0 Å². The van der Waals surface area contributed by atoms with Crippen LogP contribution in [0.25, 0.3) is 0 Å². The van der Waals surface area contributed by atoms with E-state index in [2.05, 4.69) is 26.1 Å². The molecule has 8 heteroatoms. The predicted octanol–water partition coefficient (Wildman–Crippen LogP) is 2.11. The summed E-state index contributed by atoms with van der Waals surface area (Å²) in [4.78, 5) is 12.9. The van der Waals surface area contributed by atoms with Gasteiger partial charge in [0, 0.05) is 44.9 Å². The average Bonchev–Trinajstić information content (AvgIpc) is 2.46. The minimum atomic E-state index is -0.388. The summed E-state index contributed by atoms with van der Waals surface area (Å²) in [7, 11) is 0. The van der Waals surface area contributed by atoms with E-state index in [0.717, 1.165) is 31.7 Å². The Morgan fingerprint density at radius 3 is 2.67 bits per heavy atom. The number of nitro benzene ring substituents is 1. The number of nitrogens with zero attached hydrogens (tertiary/aromatic N) is 2. The first kappa shape index (κ1) is 18.3. The number of nitrogens with one attached hydrogen (secondary N) is 1. The average molecular weight is 381 g/mol. The smallest absolute Gasteiger partial charge is 0.283 e. The summed E-state index contributed by atoms with van der Waals surface area (Å²) in [5, 5.41) is 23.6. The molecule has 0 spiro atoms. The zero-order chi connectivity index (χ0) is 14.5. The van der Waals surface area contributed by atoms with Crippen LogP contribution in [0.5, 0.6) is 0 Å².